The zero-order valence-corrected chi connectivity index (χ0v) is 15.9. The fourth-order valence-electron chi connectivity index (χ4n) is 3.15. The highest BCUT2D eigenvalue weighted by Gasteiger charge is 2.15. The van der Waals surface area contributed by atoms with Gasteiger partial charge in [0.05, 0.1) is 23.3 Å². The number of aromatic nitrogens is 5. The van der Waals surface area contributed by atoms with Crippen LogP contribution >= 0.6 is 0 Å². The normalized spacial score (nSPS) is 12.0. The van der Waals surface area contributed by atoms with E-state index >= 15 is 0 Å². The number of fused-ring (bicyclic) bond motifs is 1. The zero-order chi connectivity index (χ0) is 20.2. The molecular formula is C21H20N6O2. The number of nitrogens with one attached hydrogen (secondary N) is 2. The highest BCUT2D eigenvalue weighted by molar-refractivity contribution is 5.80. The number of hydrogen-bond donors (Lipinski definition) is 2. The lowest BCUT2D eigenvalue weighted by atomic mass is 10.2. The molecule has 29 heavy (non-hydrogen) atoms. The molecule has 0 bridgehead atoms. The van der Waals surface area contributed by atoms with Crippen LogP contribution in [-0.4, -0.2) is 31.3 Å². The Hall–Kier alpha value is -3.81. The van der Waals surface area contributed by atoms with Crippen LogP contribution in [0.3, 0.4) is 0 Å². The van der Waals surface area contributed by atoms with Gasteiger partial charge < -0.3 is 5.32 Å². The minimum absolute atomic E-state index is 0.218. The minimum atomic E-state index is -0.491. The summed E-state index contributed by atoms with van der Waals surface area (Å²) in [6, 6.07) is 12.1. The van der Waals surface area contributed by atoms with Crippen LogP contribution in [0.1, 0.15) is 24.2 Å². The summed E-state index contributed by atoms with van der Waals surface area (Å²) in [7, 11) is 0. The molecule has 0 aliphatic heterocycles. The number of aromatic amines is 1. The average molecular weight is 388 g/mol. The van der Waals surface area contributed by atoms with E-state index < -0.39 is 6.04 Å². The van der Waals surface area contributed by atoms with Gasteiger partial charge in [-0.1, -0.05) is 18.2 Å². The first kappa shape index (κ1) is 18.5. The Balaban J connectivity index is 1.58. The first-order valence-electron chi connectivity index (χ1n) is 9.32. The molecule has 0 radical (unpaired) electrons. The lowest BCUT2D eigenvalue weighted by molar-refractivity contribution is 0.524. The van der Waals surface area contributed by atoms with Crippen molar-refractivity contribution < 1.29 is 0 Å². The molecule has 146 valence electrons. The predicted molar refractivity (Wildman–Crippen MR) is 111 cm³/mol. The molecule has 0 amide bonds. The molecule has 0 spiro atoms. The first-order chi connectivity index (χ1) is 14.1. The Morgan fingerprint density at radius 3 is 2.76 bits per heavy atom. The molecular weight excluding hydrogens is 368 g/mol. The monoisotopic (exact) mass is 388 g/mol. The number of pyridine rings is 1. The molecule has 1 aromatic carbocycles. The van der Waals surface area contributed by atoms with Gasteiger partial charge in [0.2, 0.25) is 5.95 Å². The maximum atomic E-state index is 12.8. The predicted octanol–water partition coefficient (Wildman–Crippen LogP) is 2.14. The van der Waals surface area contributed by atoms with Gasteiger partial charge in [0, 0.05) is 30.4 Å². The standard InChI is InChI=1S/C21H20N6O2/c1-14(27-20(29)17-5-3-2-4-16(17)13-24-27)18-12-19(28)26-21(25-18)23-11-8-15-6-9-22-10-7-15/h2-7,9-10,12-14H,8,11H2,1H3,(H2,23,25,26,28). The van der Waals surface area contributed by atoms with Gasteiger partial charge in [0.1, 0.15) is 0 Å². The van der Waals surface area contributed by atoms with Crippen molar-refractivity contribution in [2.24, 2.45) is 0 Å². The number of H-pyrrole nitrogens is 1. The van der Waals surface area contributed by atoms with Crippen molar-refractivity contribution in [1.29, 1.82) is 0 Å². The first-order valence-corrected chi connectivity index (χ1v) is 9.32. The van der Waals surface area contributed by atoms with Crippen molar-refractivity contribution in [2.45, 2.75) is 19.4 Å². The summed E-state index contributed by atoms with van der Waals surface area (Å²) in [5.41, 5.74) is 1.09. The summed E-state index contributed by atoms with van der Waals surface area (Å²) in [5, 5.41) is 8.75. The smallest absolute Gasteiger partial charge is 0.275 e. The Kier molecular flexibility index (Phi) is 5.15. The highest BCUT2D eigenvalue weighted by atomic mass is 16.1. The topological polar surface area (TPSA) is 106 Å². The number of benzene rings is 1. The van der Waals surface area contributed by atoms with Crippen LogP contribution in [0.5, 0.6) is 0 Å². The molecule has 1 unspecified atom stereocenters. The van der Waals surface area contributed by atoms with Crippen LogP contribution in [0.4, 0.5) is 5.95 Å². The third kappa shape index (κ3) is 4.06. The zero-order valence-electron chi connectivity index (χ0n) is 15.9. The van der Waals surface area contributed by atoms with E-state index in [4.69, 9.17) is 0 Å². The van der Waals surface area contributed by atoms with Crippen molar-refractivity contribution in [3.63, 3.8) is 0 Å². The second-order valence-corrected chi connectivity index (χ2v) is 6.71. The maximum absolute atomic E-state index is 12.8. The van der Waals surface area contributed by atoms with Gasteiger partial charge in [-0.05, 0) is 37.1 Å². The molecule has 3 heterocycles. The number of hydrogen-bond acceptors (Lipinski definition) is 6. The number of nitrogens with zero attached hydrogens (tertiary/aromatic N) is 4. The lowest BCUT2D eigenvalue weighted by Crippen LogP contribution is -2.28. The SMILES string of the molecule is CC(c1cc(=O)[nH]c(NCCc2ccncc2)n1)n1ncc2ccccc2c1=O. The van der Waals surface area contributed by atoms with E-state index in [9.17, 15) is 9.59 Å². The van der Waals surface area contributed by atoms with Crippen LogP contribution < -0.4 is 16.4 Å². The van der Waals surface area contributed by atoms with Gasteiger partial charge in [-0.3, -0.25) is 19.6 Å². The molecule has 4 aromatic rings. The number of rotatable bonds is 6. The molecule has 4 rings (SSSR count). The van der Waals surface area contributed by atoms with Gasteiger partial charge in [0.15, 0.2) is 0 Å². The van der Waals surface area contributed by atoms with Crippen molar-refractivity contribution in [2.75, 3.05) is 11.9 Å². The summed E-state index contributed by atoms with van der Waals surface area (Å²) in [4.78, 5) is 36.1. The fourth-order valence-corrected chi connectivity index (χ4v) is 3.15. The second kappa shape index (κ2) is 8.05. The molecule has 2 N–H and O–H groups in total. The van der Waals surface area contributed by atoms with Crippen LogP contribution in [0.25, 0.3) is 10.8 Å². The van der Waals surface area contributed by atoms with E-state index in [1.165, 1.54) is 10.7 Å². The molecule has 0 fully saturated rings. The molecule has 0 aliphatic carbocycles. The Morgan fingerprint density at radius 1 is 1.14 bits per heavy atom. The fraction of sp³-hybridized carbons (Fsp3) is 0.190. The second-order valence-electron chi connectivity index (χ2n) is 6.71. The molecule has 3 aromatic heterocycles. The summed E-state index contributed by atoms with van der Waals surface area (Å²) in [5.74, 6) is 0.363. The van der Waals surface area contributed by atoms with Crippen molar-refractivity contribution in [3.05, 3.63) is 93.0 Å². The lowest BCUT2D eigenvalue weighted by Gasteiger charge is -2.15. The molecule has 0 saturated carbocycles. The van der Waals surface area contributed by atoms with Crippen LogP contribution in [0.15, 0.2) is 70.6 Å². The summed E-state index contributed by atoms with van der Waals surface area (Å²) in [6.07, 6.45) is 5.89. The van der Waals surface area contributed by atoms with Crippen LogP contribution in [0, 0.1) is 0 Å². The van der Waals surface area contributed by atoms with E-state index in [2.05, 4.69) is 25.4 Å². The summed E-state index contributed by atoms with van der Waals surface area (Å²) in [6.45, 7) is 2.39. The van der Waals surface area contributed by atoms with E-state index in [1.54, 1.807) is 31.6 Å². The number of anilines is 1. The van der Waals surface area contributed by atoms with Crippen molar-refractivity contribution in [3.8, 4) is 0 Å². The van der Waals surface area contributed by atoms with Gasteiger partial charge in [-0.2, -0.15) is 5.10 Å². The Bertz CT molecular complexity index is 1250. The Morgan fingerprint density at radius 2 is 1.93 bits per heavy atom. The van der Waals surface area contributed by atoms with E-state index in [-0.39, 0.29) is 11.1 Å². The summed E-state index contributed by atoms with van der Waals surface area (Å²) < 4.78 is 1.35. The average Bonchev–Trinajstić information content (AvgIpc) is 2.74. The minimum Gasteiger partial charge on any atom is -0.355 e. The third-order valence-corrected chi connectivity index (χ3v) is 4.73. The van der Waals surface area contributed by atoms with Gasteiger partial charge in [0.25, 0.3) is 11.1 Å². The molecule has 8 nitrogen and oxygen atoms in total. The molecule has 1 atom stereocenters. The third-order valence-electron chi connectivity index (χ3n) is 4.73. The van der Waals surface area contributed by atoms with E-state index in [0.29, 0.717) is 23.6 Å². The van der Waals surface area contributed by atoms with Gasteiger partial charge in [-0.15, -0.1) is 0 Å². The quantitative estimate of drug-likeness (QED) is 0.524. The van der Waals surface area contributed by atoms with Crippen molar-refractivity contribution in [1.82, 2.24) is 24.7 Å². The molecule has 8 heteroatoms. The maximum Gasteiger partial charge on any atom is 0.275 e. The highest BCUT2D eigenvalue weighted by Crippen LogP contribution is 2.14. The van der Waals surface area contributed by atoms with Gasteiger partial charge >= 0.3 is 0 Å². The largest absolute Gasteiger partial charge is 0.355 e. The molecule has 0 saturated heterocycles. The van der Waals surface area contributed by atoms with E-state index in [1.807, 2.05) is 30.3 Å². The van der Waals surface area contributed by atoms with E-state index in [0.717, 1.165) is 17.4 Å². The Labute approximate surface area is 166 Å². The van der Waals surface area contributed by atoms with Crippen LogP contribution in [0.2, 0.25) is 0 Å². The molecule has 0 aliphatic rings. The van der Waals surface area contributed by atoms with Gasteiger partial charge in [-0.25, -0.2) is 9.67 Å². The summed E-state index contributed by atoms with van der Waals surface area (Å²) >= 11 is 0. The van der Waals surface area contributed by atoms with Crippen LogP contribution in [-0.2, 0) is 6.42 Å². The van der Waals surface area contributed by atoms with Crippen molar-refractivity contribution >= 4 is 16.7 Å².